The van der Waals surface area contributed by atoms with E-state index in [9.17, 15) is 8.42 Å². The Morgan fingerprint density at radius 2 is 1.54 bits per heavy atom. The summed E-state index contributed by atoms with van der Waals surface area (Å²) >= 11 is 3.34. The number of hydrogen-bond donors (Lipinski definition) is 0. The van der Waals surface area contributed by atoms with Crippen LogP contribution >= 0.6 is 15.9 Å². The molecular formula is C18H21BrN2O2S. The second kappa shape index (κ2) is 6.86. The molecule has 128 valence electrons. The van der Waals surface area contributed by atoms with Gasteiger partial charge in [0.25, 0.3) is 0 Å². The number of anilines is 1. The number of aryl methyl sites for hydroxylation is 2. The van der Waals surface area contributed by atoms with Gasteiger partial charge < -0.3 is 4.90 Å². The maximum atomic E-state index is 12.7. The molecule has 0 saturated carbocycles. The summed E-state index contributed by atoms with van der Waals surface area (Å²) in [7, 11) is -3.42. The Morgan fingerprint density at radius 3 is 2.12 bits per heavy atom. The summed E-state index contributed by atoms with van der Waals surface area (Å²) in [6.45, 7) is 6.61. The van der Waals surface area contributed by atoms with Crippen LogP contribution in [-0.4, -0.2) is 38.9 Å². The molecule has 0 amide bonds. The predicted octanol–water partition coefficient (Wildman–Crippen LogP) is 3.58. The van der Waals surface area contributed by atoms with Gasteiger partial charge in [-0.1, -0.05) is 33.6 Å². The molecule has 0 radical (unpaired) electrons. The minimum absolute atomic E-state index is 0.352. The standard InChI is InChI=1S/C18H21BrN2O2S/c1-14-3-8-18(15(2)13-14)20-9-11-21(12-10-20)24(22,23)17-6-4-16(19)5-7-17/h3-8,13H,9-12H2,1-2H3. The molecule has 2 aromatic carbocycles. The van der Waals surface area contributed by atoms with Crippen molar-refractivity contribution >= 4 is 31.6 Å². The molecule has 1 aliphatic rings. The largest absolute Gasteiger partial charge is 0.369 e. The topological polar surface area (TPSA) is 40.6 Å². The Bertz CT molecular complexity index is 827. The van der Waals surface area contributed by atoms with Gasteiger partial charge in [-0.15, -0.1) is 0 Å². The Kier molecular flexibility index (Phi) is 4.99. The van der Waals surface area contributed by atoms with Gasteiger partial charge >= 0.3 is 0 Å². The van der Waals surface area contributed by atoms with Crippen LogP contribution in [0.3, 0.4) is 0 Å². The van der Waals surface area contributed by atoms with Crippen molar-refractivity contribution < 1.29 is 8.42 Å². The van der Waals surface area contributed by atoms with Crippen LogP contribution in [-0.2, 0) is 10.0 Å². The smallest absolute Gasteiger partial charge is 0.243 e. The van der Waals surface area contributed by atoms with Crippen LogP contribution in [0.1, 0.15) is 11.1 Å². The SMILES string of the molecule is Cc1ccc(N2CCN(S(=O)(=O)c3ccc(Br)cc3)CC2)c(C)c1. The molecule has 1 aliphatic heterocycles. The van der Waals surface area contributed by atoms with Crippen molar-refractivity contribution in [3.05, 3.63) is 58.1 Å². The summed E-state index contributed by atoms with van der Waals surface area (Å²) in [5.74, 6) is 0. The van der Waals surface area contributed by atoms with E-state index >= 15 is 0 Å². The average Bonchev–Trinajstić information content (AvgIpc) is 2.55. The molecule has 3 rings (SSSR count). The van der Waals surface area contributed by atoms with E-state index in [0.717, 1.165) is 4.47 Å². The highest BCUT2D eigenvalue weighted by Crippen LogP contribution is 2.25. The first-order valence-electron chi connectivity index (χ1n) is 7.96. The molecule has 0 unspecified atom stereocenters. The Morgan fingerprint density at radius 1 is 0.917 bits per heavy atom. The molecule has 0 spiro atoms. The van der Waals surface area contributed by atoms with E-state index in [4.69, 9.17) is 0 Å². The van der Waals surface area contributed by atoms with Gasteiger partial charge in [0.2, 0.25) is 10.0 Å². The van der Waals surface area contributed by atoms with Gasteiger partial charge in [-0.3, -0.25) is 0 Å². The van der Waals surface area contributed by atoms with E-state index in [1.807, 2.05) is 0 Å². The van der Waals surface area contributed by atoms with Crippen molar-refractivity contribution in [2.45, 2.75) is 18.7 Å². The van der Waals surface area contributed by atoms with Crippen molar-refractivity contribution in [3.8, 4) is 0 Å². The summed E-state index contributed by atoms with van der Waals surface area (Å²) in [4.78, 5) is 2.62. The predicted molar refractivity (Wildman–Crippen MR) is 101 cm³/mol. The summed E-state index contributed by atoms with van der Waals surface area (Å²) in [6.07, 6.45) is 0. The first kappa shape index (κ1) is 17.5. The van der Waals surface area contributed by atoms with Gasteiger partial charge in [0.05, 0.1) is 4.90 Å². The van der Waals surface area contributed by atoms with Crippen LogP contribution in [0.5, 0.6) is 0 Å². The number of piperazine rings is 1. The van der Waals surface area contributed by atoms with Gasteiger partial charge in [0.15, 0.2) is 0 Å². The monoisotopic (exact) mass is 408 g/mol. The second-order valence-electron chi connectivity index (χ2n) is 6.13. The summed E-state index contributed by atoms with van der Waals surface area (Å²) in [5.41, 5.74) is 3.67. The van der Waals surface area contributed by atoms with Crippen molar-refractivity contribution in [1.82, 2.24) is 4.31 Å². The zero-order valence-corrected chi connectivity index (χ0v) is 16.3. The molecular weight excluding hydrogens is 388 g/mol. The summed E-state index contributed by atoms with van der Waals surface area (Å²) < 4.78 is 27.9. The summed E-state index contributed by atoms with van der Waals surface area (Å²) in [5, 5.41) is 0. The first-order valence-corrected chi connectivity index (χ1v) is 10.2. The minimum Gasteiger partial charge on any atom is -0.369 e. The van der Waals surface area contributed by atoms with E-state index in [-0.39, 0.29) is 0 Å². The van der Waals surface area contributed by atoms with E-state index in [1.54, 1.807) is 28.6 Å². The molecule has 0 bridgehead atoms. The van der Waals surface area contributed by atoms with Crippen LogP contribution in [0.4, 0.5) is 5.69 Å². The van der Waals surface area contributed by atoms with Crippen molar-refractivity contribution in [2.75, 3.05) is 31.1 Å². The van der Waals surface area contributed by atoms with Crippen LogP contribution < -0.4 is 4.90 Å². The van der Waals surface area contributed by atoms with Crippen molar-refractivity contribution in [3.63, 3.8) is 0 Å². The van der Waals surface area contributed by atoms with Gasteiger partial charge in [-0.05, 0) is 49.7 Å². The lowest BCUT2D eigenvalue weighted by Gasteiger charge is -2.36. The van der Waals surface area contributed by atoms with Crippen LogP contribution in [0, 0.1) is 13.8 Å². The molecule has 2 aromatic rings. The van der Waals surface area contributed by atoms with E-state index in [0.29, 0.717) is 31.1 Å². The Balaban J connectivity index is 1.73. The molecule has 1 fully saturated rings. The molecule has 0 aliphatic carbocycles. The maximum absolute atomic E-state index is 12.7. The molecule has 6 heteroatoms. The molecule has 1 heterocycles. The lowest BCUT2D eigenvalue weighted by molar-refractivity contribution is 0.384. The van der Waals surface area contributed by atoms with Crippen LogP contribution in [0.25, 0.3) is 0 Å². The molecule has 1 saturated heterocycles. The third-order valence-corrected chi connectivity index (χ3v) is 6.82. The fourth-order valence-corrected chi connectivity index (χ4v) is 4.77. The van der Waals surface area contributed by atoms with E-state index in [2.05, 4.69) is 52.9 Å². The van der Waals surface area contributed by atoms with Crippen LogP contribution in [0.2, 0.25) is 0 Å². The molecule has 0 aromatic heterocycles. The highest BCUT2D eigenvalue weighted by molar-refractivity contribution is 9.10. The first-order chi connectivity index (χ1) is 11.4. The second-order valence-corrected chi connectivity index (χ2v) is 8.99. The molecule has 0 N–H and O–H groups in total. The van der Waals surface area contributed by atoms with Crippen molar-refractivity contribution in [2.24, 2.45) is 0 Å². The zero-order valence-electron chi connectivity index (χ0n) is 13.9. The van der Waals surface area contributed by atoms with Gasteiger partial charge in [0, 0.05) is 36.3 Å². The highest BCUT2D eigenvalue weighted by Gasteiger charge is 2.28. The average molecular weight is 409 g/mol. The number of sulfonamides is 1. The number of halogens is 1. The normalized spacial score (nSPS) is 16.4. The zero-order chi connectivity index (χ0) is 17.3. The lowest BCUT2D eigenvalue weighted by atomic mass is 10.1. The third kappa shape index (κ3) is 3.50. The quantitative estimate of drug-likeness (QED) is 0.778. The van der Waals surface area contributed by atoms with E-state index in [1.165, 1.54) is 16.8 Å². The highest BCUT2D eigenvalue weighted by atomic mass is 79.9. The lowest BCUT2D eigenvalue weighted by Crippen LogP contribution is -2.48. The maximum Gasteiger partial charge on any atom is 0.243 e. The minimum atomic E-state index is -3.42. The fourth-order valence-electron chi connectivity index (χ4n) is 3.09. The number of rotatable bonds is 3. The molecule has 0 atom stereocenters. The Labute approximate surface area is 152 Å². The van der Waals surface area contributed by atoms with Crippen LogP contribution in [0.15, 0.2) is 51.8 Å². The molecule has 4 nitrogen and oxygen atoms in total. The van der Waals surface area contributed by atoms with Crippen molar-refractivity contribution in [1.29, 1.82) is 0 Å². The third-order valence-electron chi connectivity index (χ3n) is 4.38. The van der Waals surface area contributed by atoms with Gasteiger partial charge in [-0.25, -0.2) is 8.42 Å². The van der Waals surface area contributed by atoms with Gasteiger partial charge in [-0.2, -0.15) is 4.31 Å². The number of hydrogen-bond acceptors (Lipinski definition) is 3. The molecule has 24 heavy (non-hydrogen) atoms. The Hall–Kier alpha value is -1.37. The van der Waals surface area contributed by atoms with Gasteiger partial charge in [0.1, 0.15) is 0 Å². The fraction of sp³-hybridized carbons (Fsp3) is 0.333. The number of nitrogens with zero attached hydrogens (tertiary/aromatic N) is 2. The summed E-state index contributed by atoms with van der Waals surface area (Å²) in [6, 6.07) is 13.2. The number of benzene rings is 2. The van der Waals surface area contributed by atoms with E-state index < -0.39 is 10.0 Å².